The number of hydrogen-bond acceptors (Lipinski definition) is 4. The monoisotopic (exact) mass is 323 g/mol. The molecule has 0 aliphatic carbocycles. The molecule has 0 spiro atoms. The Morgan fingerprint density at radius 2 is 2.09 bits per heavy atom. The van der Waals surface area contributed by atoms with Crippen molar-refractivity contribution in [3.05, 3.63) is 70.5 Å². The lowest BCUT2D eigenvalue weighted by Crippen LogP contribution is -2.22. The summed E-state index contributed by atoms with van der Waals surface area (Å²) in [5, 5.41) is 3.78. The first-order valence-electron chi connectivity index (χ1n) is 7.35. The second-order valence-electron chi connectivity index (χ2n) is 5.35. The van der Waals surface area contributed by atoms with E-state index in [0.717, 1.165) is 21.8 Å². The Labute approximate surface area is 139 Å². The molecule has 0 atom stereocenters. The van der Waals surface area contributed by atoms with Gasteiger partial charge in [0.2, 0.25) is 0 Å². The second kappa shape index (κ2) is 6.71. The molecule has 3 rings (SSSR count). The average molecular weight is 323 g/mol. The molecule has 2 heterocycles. The fourth-order valence-electron chi connectivity index (χ4n) is 2.30. The standard InChI is InChI=1S/C18H17N3OS/c1-12-5-3-6-14(9-12)10-20-17(22)16-13(2)21-18(23-16)15-7-4-8-19-11-15/h3-9,11H,10H2,1-2H3,(H,20,22). The van der Waals surface area contributed by atoms with Crippen LogP contribution in [0.15, 0.2) is 48.8 Å². The lowest BCUT2D eigenvalue weighted by atomic mass is 10.1. The zero-order chi connectivity index (χ0) is 16.2. The van der Waals surface area contributed by atoms with Crippen molar-refractivity contribution in [3.63, 3.8) is 0 Å². The van der Waals surface area contributed by atoms with E-state index < -0.39 is 0 Å². The molecule has 4 nitrogen and oxygen atoms in total. The highest BCUT2D eigenvalue weighted by Crippen LogP contribution is 2.27. The molecule has 0 aliphatic heterocycles. The molecule has 1 amide bonds. The molecule has 0 radical (unpaired) electrons. The van der Waals surface area contributed by atoms with Gasteiger partial charge in [-0.15, -0.1) is 11.3 Å². The van der Waals surface area contributed by atoms with E-state index in [-0.39, 0.29) is 5.91 Å². The summed E-state index contributed by atoms with van der Waals surface area (Å²) in [6.45, 7) is 4.41. The first-order valence-corrected chi connectivity index (χ1v) is 8.16. The van der Waals surface area contributed by atoms with Crippen molar-refractivity contribution in [2.24, 2.45) is 0 Å². The second-order valence-corrected chi connectivity index (χ2v) is 6.35. The molecule has 0 unspecified atom stereocenters. The molecule has 0 saturated carbocycles. The number of thiazole rings is 1. The maximum absolute atomic E-state index is 12.4. The summed E-state index contributed by atoms with van der Waals surface area (Å²) in [5.41, 5.74) is 3.95. The van der Waals surface area contributed by atoms with Gasteiger partial charge in [-0.3, -0.25) is 9.78 Å². The van der Waals surface area contributed by atoms with Crippen molar-refractivity contribution in [2.45, 2.75) is 20.4 Å². The summed E-state index contributed by atoms with van der Waals surface area (Å²) in [7, 11) is 0. The summed E-state index contributed by atoms with van der Waals surface area (Å²) in [6, 6.07) is 11.9. The van der Waals surface area contributed by atoms with Gasteiger partial charge in [-0.2, -0.15) is 0 Å². The van der Waals surface area contributed by atoms with E-state index in [1.807, 2.05) is 44.2 Å². The number of pyridine rings is 1. The van der Waals surface area contributed by atoms with Gasteiger partial charge >= 0.3 is 0 Å². The molecule has 5 heteroatoms. The molecular weight excluding hydrogens is 306 g/mol. The minimum absolute atomic E-state index is 0.0864. The van der Waals surface area contributed by atoms with Gasteiger partial charge in [0.15, 0.2) is 0 Å². The quantitative estimate of drug-likeness (QED) is 0.795. The van der Waals surface area contributed by atoms with Gasteiger partial charge in [-0.05, 0) is 31.5 Å². The van der Waals surface area contributed by atoms with E-state index in [4.69, 9.17) is 0 Å². The van der Waals surface area contributed by atoms with E-state index in [9.17, 15) is 4.79 Å². The number of amides is 1. The minimum Gasteiger partial charge on any atom is -0.347 e. The third kappa shape index (κ3) is 3.63. The predicted octanol–water partition coefficient (Wildman–Crippen LogP) is 3.75. The maximum atomic E-state index is 12.4. The van der Waals surface area contributed by atoms with E-state index in [1.165, 1.54) is 16.9 Å². The molecule has 23 heavy (non-hydrogen) atoms. The Bertz CT molecular complexity index is 827. The molecule has 1 N–H and O–H groups in total. The molecule has 0 bridgehead atoms. The lowest BCUT2D eigenvalue weighted by Gasteiger charge is -2.05. The van der Waals surface area contributed by atoms with Gasteiger partial charge in [-0.1, -0.05) is 29.8 Å². The van der Waals surface area contributed by atoms with Crippen molar-refractivity contribution in [1.29, 1.82) is 0 Å². The highest BCUT2D eigenvalue weighted by molar-refractivity contribution is 7.17. The summed E-state index contributed by atoms with van der Waals surface area (Å²) < 4.78 is 0. The molecular formula is C18H17N3OS. The van der Waals surface area contributed by atoms with Gasteiger partial charge in [-0.25, -0.2) is 4.98 Å². The van der Waals surface area contributed by atoms with E-state index in [0.29, 0.717) is 11.4 Å². The molecule has 116 valence electrons. The number of carbonyl (C=O) groups excluding carboxylic acids is 1. The number of aryl methyl sites for hydroxylation is 2. The van der Waals surface area contributed by atoms with Crippen molar-refractivity contribution in [1.82, 2.24) is 15.3 Å². The summed E-state index contributed by atoms with van der Waals surface area (Å²) >= 11 is 1.40. The third-order valence-corrected chi connectivity index (χ3v) is 4.65. The Balaban J connectivity index is 1.74. The van der Waals surface area contributed by atoms with Crippen molar-refractivity contribution < 1.29 is 4.79 Å². The SMILES string of the molecule is Cc1cccc(CNC(=O)c2sc(-c3cccnc3)nc2C)c1. The van der Waals surface area contributed by atoms with Gasteiger partial charge in [0, 0.05) is 24.5 Å². The average Bonchev–Trinajstić information content (AvgIpc) is 2.95. The number of aromatic nitrogens is 2. The van der Waals surface area contributed by atoms with Crippen LogP contribution in [0, 0.1) is 13.8 Å². The van der Waals surface area contributed by atoms with E-state index in [1.54, 1.807) is 12.4 Å². The van der Waals surface area contributed by atoms with E-state index >= 15 is 0 Å². The fraction of sp³-hybridized carbons (Fsp3) is 0.167. The van der Waals surface area contributed by atoms with Crippen LogP contribution >= 0.6 is 11.3 Å². The number of carbonyl (C=O) groups is 1. The molecule has 0 aliphatic rings. The molecule has 0 saturated heterocycles. The zero-order valence-corrected chi connectivity index (χ0v) is 13.9. The minimum atomic E-state index is -0.0864. The van der Waals surface area contributed by atoms with Gasteiger partial charge in [0.05, 0.1) is 5.69 Å². The Kier molecular flexibility index (Phi) is 4.48. The smallest absolute Gasteiger partial charge is 0.263 e. The summed E-state index contributed by atoms with van der Waals surface area (Å²) in [4.78, 5) is 21.6. The van der Waals surface area contributed by atoms with Crippen molar-refractivity contribution >= 4 is 17.2 Å². The topological polar surface area (TPSA) is 54.9 Å². The number of benzene rings is 1. The van der Waals surface area contributed by atoms with Crippen molar-refractivity contribution in [3.8, 4) is 10.6 Å². The number of nitrogens with one attached hydrogen (secondary N) is 1. The molecule has 3 aromatic rings. The molecule has 0 fully saturated rings. The van der Waals surface area contributed by atoms with Crippen molar-refractivity contribution in [2.75, 3.05) is 0 Å². The van der Waals surface area contributed by atoms with Crippen LogP contribution in [0.25, 0.3) is 10.6 Å². The largest absolute Gasteiger partial charge is 0.347 e. The van der Waals surface area contributed by atoms with Gasteiger partial charge < -0.3 is 5.32 Å². The molecule has 1 aromatic carbocycles. The highest BCUT2D eigenvalue weighted by atomic mass is 32.1. The highest BCUT2D eigenvalue weighted by Gasteiger charge is 2.16. The van der Waals surface area contributed by atoms with Crippen LogP contribution < -0.4 is 5.32 Å². The van der Waals surface area contributed by atoms with E-state index in [2.05, 4.69) is 21.4 Å². The lowest BCUT2D eigenvalue weighted by molar-refractivity contribution is 0.0954. The number of rotatable bonds is 4. The summed E-state index contributed by atoms with van der Waals surface area (Å²) in [6.07, 6.45) is 3.48. The van der Waals surface area contributed by atoms with Crippen LogP contribution in [0.5, 0.6) is 0 Å². The van der Waals surface area contributed by atoms with Crippen LogP contribution in [0.2, 0.25) is 0 Å². The van der Waals surface area contributed by atoms with Crippen LogP contribution in [-0.2, 0) is 6.54 Å². The Morgan fingerprint density at radius 3 is 2.83 bits per heavy atom. The maximum Gasteiger partial charge on any atom is 0.263 e. The van der Waals surface area contributed by atoms with Crippen LogP contribution in [0.1, 0.15) is 26.5 Å². The van der Waals surface area contributed by atoms with Gasteiger partial charge in [0.25, 0.3) is 5.91 Å². The normalized spacial score (nSPS) is 10.5. The first kappa shape index (κ1) is 15.4. The predicted molar refractivity (Wildman–Crippen MR) is 92.4 cm³/mol. The Morgan fingerprint density at radius 1 is 1.22 bits per heavy atom. The summed E-state index contributed by atoms with van der Waals surface area (Å²) in [5.74, 6) is -0.0864. The zero-order valence-electron chi connectivity index (χ0n) is 13.0. The van der Waals surface area contributed by atoms with Crippen LogP contribution in [0.3, 0.4) is 0 Å². The number of nitrogens with zero attached hydrogens (tertiary/aromatic N) is 2. The van der Waals surface area contributed by atoms with Crippen LogP contribution in [-0.4, -0.2) is 15.9 Å². The van der Waals surface area contributed by atoms with Gasteiger partial charge in [0.1, 0.15) is 9.88 Å². The van der Waals surface area contributed by atoms with Crippen LogP contribution in [0.4, 0.5) is 0 Å². The third-order valence-electron chi connectivity index (χ3n) is 3.45. The molecule has 2 aromatic heterocycles. The first-order chi connectivity index (χ1) is 11.1. The number of hydrogen-bond donors (Lipinski definition) is 1. The Hall–Kier alpha value is -2.53. The fourth-order valence-corrected chi connectivity index (χ4v) is 3.28.